The molecule has 0 atom stereocenters. The van der Waals surface area contributed by atoms with Crippen LogP contribution in [0.5, 0.6) is 0 Å². The smallest absolute Gasteiger partial charge is 0.234 e. The summed E-state index contributed by atoms with van der Waals surface area (Å²) >= 11 is 0. The molecule has 1 aromatic carbocycles. The Morgan fingerprint density at radius 2 is 1.70 bits per heavy atom. The molecule has 0 heterocycles. The van der Waals surface area contributed by atoms with Crippen LogP contribution in [0.1, 0.15) is 36.1 Å². The highest BCUT2D eigenvalue weighted by Gasteiger charge is 2.16. The molecule has 0 aliphatic rings. The van der Waals surface area contributed by atoms with E-state index in [1.165, 1.54) is 22.3 Å². The van der Waals surface area contributed by atoms with Crippen LogP contribution in [-0.4, -0.2) is 42.4 Å². The quantitative estimate of drug-likeness (QED) is 0.762. The van der Waals surface area contributed by atoms with Gasteiger partial charge in [0.05, 0.1) is 13.1 Å². The highest BCUT2D eigenvalue weighted by atomic mass is 16.2. The molecule has 128 valence electrons. The number of nitrogens with one attached hydrogen (secondary N) is 1. The summed E-state index contributed by atoms with van der Waals surface area (Å²) in [7, 11) is 0. The van der Waals surface area contributed by atoms with Crippen LogP contribution in [-0.2, 0) is 16.0 Å². The van der Waals surface area contributed by atoms with Gasteiger partial charge in [-0.3, -0.25) is 14.5 Å². The second-order valence-electron chi connectivity index (χ2n) is 6.44. The van der Waals surface area contributed by atoms with Gasteiger partial charge in [0, 0.05) is 12.6 Å². The van der Waals surface area contributed by atoms with Gasteiger partial charge in [-0.15, -0.1) is 0 Å². The number of amides is 2. The number of rotatable bonds is 8. The van der Waals surface area contributed by atoms with Crippen LogP contribution in [0, 0.1) is 20.8 Å². The Balaban J connectivity index is 2.52. The van der Waals surface area contributed by atoms with Crippen molar-refractivity contribution in [2.24, 2.45) is 5.73 Å². The third-order valence-electron chi connectivity index (χ3n) is 3.97. The first-order valence-electron chi connectivity index (χ1n) is 8.06. The average Bonchev–Trinajstić information content (AvgIpc) is 2.40. The second kappa shape index (κ2) is 8.67. The number of nitrogens with two attached hydrogens (primary N) is 1. The summed E-state index contributed by atoms with van der Waals surface area (Å²) in [5.74, 6) is -0.500. The van der Waals surface area contributed by atoms with Crippen LogP contribution in [0.4, 0.5) is 0 Å². The molecule has 1 aromatic rings. The third-order valence-corrected chi connectivity index (χ3v) is 3.97. The zero-order chi connectivity index (χ0) is 17.6. The highest BCUT2D eigenvalue weighted by Crippen LogP contribution is 2.16. The number of nitrogens with zero attached hydrogens (tertiary/aromatic N) is 1. The lowest BCUT2D eigenvalue weighted by molar-refractivity contribution is -0.124. The maximum atomic E-state index is 12.0. The van der Waals surface area contributed by atoms with E-state index in [1.54, 1.807) is 4.90 Å². The molecule has 23 heavy (non-hydrogen) atoms. The van der Waals surface area contributed by atoms with E-state index >= 15 is 0 Å². The summed E-state index contributed by atoms with van der Waals surface area (Å²) in [5, 5.41) is 2.93. The van der Waals surface area contributed by atoms with E-state index in [-0.39, 0.29) is 25.0 Å². The minimum Gasteiger partial charge on any atom is -0.369 e. The highest BCUT2D eigenvalue weighted by molar-refractivity contribution is 5.80. The molecule has 0 aromatic heterocycles. The molecule has 0 unspecified atom stereocenters. The molecular formula is C18H29N3O2. The van der Waals surface area contributed by atoms with Gasteiger partial charge in [0.25, 0.3) is 0 Å². The number of benzene rings is 1. The summed E-state index contributed by atoms with van der Waals surface area (Å²) in [4.78, 5) is 24.9. The third kappa shape index (κ3) is 6.40. The van der Waals surface area contributed by atoms with Crippen LogP contribution >= 0.6 is 0 Å². The van der Waals surface area contributed by atoms with Gasteiger partial charge in [0.1, 0.15) is 0 Å². The van der Waals surface area contributed by atoms with Crippen LogP contribution in [0.15, 0.2) is 12.1 Å². The van der Waals surface area contributed by atoms with E-state index in [9.17, 15) is 9.59 Å². The Morgan fingerprint density at radius 3 is 2.17 bits per heavy atom. The first-order chi connectivity index (χ1) is 10.7. The van der Waals surface area contributed by atoms with Gasteiger partial charge in [-0.05, 0) is 57.7 Å². The Hall–Kier alpha value is -1.88. The van der Waals surface area contributed by atoms with Crippen molar-refractivity contribution < 1.29 is 9.59 Å². The van der Waals surface area contributed by atoms with Crippen LogP contribution < -0.4 is 11.1 Å². The standard InChI is InChI=1S/C18H29N3O2/c1-12(2)21(10-17(19)22)11-18(23)20-7-6-16-14(4)8-13(3)9-15(16)5/h8-9,12H,6-7,10-11H2,1-5H3,(H2,19,22)(H,20,23). The van der Waals surface area contributed by atoms with Crippen molar-refractivity contribution in [1.82, 2.24) is 10.2 Å². The van der Waals surface area contributed by atoms with Crippen molar-refractivity contribution >= 4 is 11.8 Å². The fourth-order valence-electron chi connectivity index (χ4n) is 2.79. The fraction of sp³-hybridized carbons (Fsp3) is 0.556. The Bertz CT molecular complexity index is 544. The van der Waals surface area contributed by atoms with E-state index in [0.29, 0.717) is 6.54 Å². The maximum absolute atomic E-state index is 12.0. The first kappa shape index (κ1) is 19.2. The molecule has 0 fully saturated rings. The number of hydrogen-bond acceptors (Lipinski definition) is 3. The topological polar surface area (TPSA) is 75.4 Å². The van der Waals surface area contributed by atoms with E-state index < -0.39 is 5.91 Å². The van der Waals surface area contributed by atoms with Crippen molar-refractivity contribution in [1.29, 1.82) is 0 Å². The number of carbonyl (C=O) groups is 2. The summed E-state index contributed by atoms with van der Waals surface area (Å²) in [6, 6.07) is 4.42. The van der Waals surface area contributed by atoms with Crippen molar-refractivity contribution in [3.63, 3.8) is 0 Å². The van der Waals surface area contributed by atoms with Crippen molar-refractivity contribution in [2.75, 3.05) is 19.6 Å². The minimum atomic E-state index is -0.419. The van der Waals surface area contributed by atoms with E-state index in [0.717, 1.165) is 6.42 Å². The Morgan fingerprint density at radius 1 is 1.13 bits per heavy atom. The van der Waals surface area contributed by atoms with E-state index in [2.05, 4.69) is 38.2 Å². The van der Waals surface area contributed by atoms with Gasteiger partial charge in [0.2, 0.25) is 11.8 Å². The SMILES string of the molecule is Cc1cc(C)c(CCNC(=O)CN(CC(N)=O)C(C)C)c(C)c1. The lowest BCUT2D eigenvalue weighted by Gasteiger charge is -2.24. The fourth-order valence-corrected chi connectivity index (χ4v) is 2.79. The molecule has 3 N–H and O–H groups in total. The molecular weight excluding hydrogens is 290 g/mol. The maximum Gasteiger partial charge on any atom is 0.234 e. The van der Waals surface area contributed by atoms with Crippen LogP contribution in [0.25, 0.3) is 0 Å². The van der Waals surface area contributed by atoms with Crippen molar-refractivity contribution in [2.45, 2.75) is 47.1 Å². The van der Waals surface area contributed by atoms with Gasteiger partial charge in [-0.2, -0.15) is 0 Å². The first-order valence-corrected chi connectivity index (χ1v) is 8.06. The van der Waals surface area contributed by atoms with E-state index in [4.69, 9.17) is 5.73 Å². The van der Waals surface area contributed by atoms with E-state index in [1.807, 2.05) is 13.8 Å². The molecule has 0 radical (unpaired) electrons. The van der Waals surface area contributed by atoms with Gasteiger partial charge in [-0.1, -0.05) is 17.7 Å². The molecule has 0 saturated heterocycles. The lowest BCUT2D eigenvalue weighted by Crippen LogP contribution is -2.45. The minimum absolute atomic E-state index is 0.0811. The zero-order valence-electron chi connectivity index (χ0n) is 14.9. The van der Waals surface area contributed by atoms with Crippen LogP contribution in [0.2, 0.25) is 0 Å². The zero-order valence-corrected chi connectivity index (χ0v) is 14.9. The van der Waals surface area contributed by atoms with Crippen molar-refractivity contribution in [3.05, 3.63) is 34.4 Å². The van der Waals surface area contributed by atoms with Gasteiger partial charge < -0.3 is 11.1 Å². The predicted molar refractivity (Wildman–Crippen MR) is 93.3 cm³/mol. The summed E-state index contributed by atoms with van der Waals surface area (Å²) < 4.78 is 0. The number of aryl methyl sites for hydroxylation is 3. The molecule has 5 nitrogen and oxygen atoms in total. The average molecular weight is 319 g/mol. The van der Waals surface area contributed by atoms with Gasteiger partial charge in [0.15, 0.2) is 0 Å². The summed E-state index contributed by atoms with van der Waals surface area (Å²) in [6.45, 7) is 11.0. The van der Waals surface area contributed by atoms with Gasteiger partial charge >= 0.3 is 0 Å². The monoisotopic (exact) mass is 319 g/mol. The molecule has 0 saturated carbocycles. The molecule has 1 rings (SSSR count). The predicted octanol–water partition coefficient (Wildman–Crippen LogP) is 1.47. The number of primary amides is 1. The normalized spacial score (nSPS) is 11.1. The van der Waals surface area contributed by atoms with Crippen LogP contribution in [0.3, 0.4) is 0 Å². The molecule has 0 aliphatic carbocycles. The molecule has 2 amide bonds. The largest absolute Gasteiger partial charge is 0.369 e. The molecule has 0 spiro atoms. The van der Waals surface area contributed by atoms with Crippen molar-refractivity contribution in [3.8, 4) is 0 Å². The molecule has 0 aliphatic heterocycles. The molecule has 5 heteroatoms. The molecule has 0 bridgehead atoms. The Labute approximate surface area is 139 Å². The number of hydrogen-bond donors (Lipinski definition) is 2. The second-order valence-corrected chi connectivity index (χ2v) is 6.44. The Kier molecular flexibility index (Phi) is 7.23. The number of carbonyl (C=O) groups excluding carboxylic acids is 2. The van der Waals surface area contributed by atoms with Gasteiger partial charge in [-0.25, -0.2) is 0 Å². The lowest BCUT2D eigenvalue weighted by atomic mass is 9.97. The summed E-state index contributed by atoms with van der Waals surface area (Å²) in [5.41, 5.74) is 10.3. The summed E-state index contributed by atoms with van der Waals surface area (Å²) in [6.07, 6.45) is 0.807.